The molecule has 0 fully saturated rings. The van der Waals surface area contributed by atoms with Gasteiger partial charge in [-0.1, -0.05) is 13.8 Å². The Balaban J connectivity index is 3.71. The van der Waals surface area contributed by atoms with Crippen LogP contribution in [0.4, 0.5) is 0 Å². The van der Waals surface area contributed by atoms with Crippen molar-refractivity contribution < 1.29 is 14.3 Å². The lowest BCUT2D eigenvalue weighted by Gasteiger charge is -2.27. The summed E-state index contributed by atoms with van der Waals surface area (Å²) < 4.78 is 10.1. The molecule has 0 saturated heterocycles. The molecule has 0 aromatic heterocycles. The molecule has 0 radical (unpaired) electrons. The van der Waals surface area contributed by atoms with Gasteiger partial charge in [-0.2, -0.15) is 0 Å². The Bertz CT molecular complexity index is 205. The van der Waals surface area contributed by atoms with Crippen molar-refractivity contribution in [3.8, 4) is 0 Å². The highest BCUT2D eigenvalue weighted by atomic mass is 16.6. The van der Waals surface area contributed by atoms with Crippen molar-refractivity contribution in [2.45, 2.75) is 40.7 Å². The monoisotopic (exact) mass is 245 g/mol. The summed E-state index contributed by atoms with van der Waals surface area (Å²) in [5, 5.41) is 0. The molecule has 0 rings (SSSR count). The van der Waals surface area contributed by atoms with Gasteiger partial charge in [0.1, 0.15) is 6.61 Å². The molecule has 102 valence electrons. The second-order valence-electron chi connectivity index (χ2n) is 4.84. The fourth-order valence-corrected chi connectivity index (χ4v) is 1.57. The van der Waals surface area contributed by atoms with Gasteiger partial charge in [-0.3, -0.25) is 4.90 Å². The van der Waals surface area contributed by atoms with E-state index in [1.807, 2.05) is 0 Å². The second-order valence-corrected chi connectivity index (χ2v) is 4.84. The fourth-order valence-electron chi connectivity index (χ4n) is 1.57. The van der Waals surface area contributed by atoms with Crippen molar-refractivity contribution in [1.29, 1.82) is 0 Å². The van der Waals surface area contributed by atoms with Crippen LogP contribution in [0.25, 0.3) is 0 Å². The third kappa shape index (κ3) is 9.12. The maximum atomic E-state index is 11.0. The molecule has 0 aliphatic rings. The van der Waals surface area contributed by atoms with Gasteiger partial charge < -0.3 is 9.47 Å². The zero-order valence-corrected chi connectivity index (χ0v) is 11.9. The predicted molar refractivity (Wildman–Crippen MR) is 69.0 cm³/mol. The van der Waals surface area contributed by atoms with Gasteiger partial charge in [0.05, 0.1) is 13.2 Å². The van der Waals surface area contributed by atoms with Gasteiger partial charge in [-0.25, -0.2) is 4.79 Å². The Morgan fingerprint density at radius 3 is 2.35 bits per heavy atom. The molecule has 0 saturated carbocycles. The smallest absolute Gasteiger partial charge is 0.332 e. The first-order chi connectivity index (χ1) is 7.97. The molecule has 17 heavy (non-hydrogen) atoms. The van der Waals surface area contributed by atoms with Crippen LogP contribution in [0.1, 0.15) is 34.6 Å². The first kappa shape index (κ1) is 16.4. The molecule has 4 heteroatoms. The van der Waals surface area contributed by atoms with Crippen molar-refractivity contribution >= 4 is 5.97 Å². The molecule has 0 aliphatic carbocycles. The number of hydrogen-bond donors (Lipinski definition) is 0. The largest absolute Gasteiger partial charge is 0.464 e. The number of hydrogen-bond acceptors (Lipinski definition) is 4. The van der Waals surface area contributed by atoms with Crippen LogP contribution in [0.2, 0.25) is 0 Å². The zero-order chi connectivity index (χ0) is 13.3. The Morgan fingerprint density at radius 1 is 1.24 bits per heavy atom. The van der Waals surface area contributed by atoms with E-state index in [4.69, 9.17) is 9.47 Å². The van der Waals surface area contributed by atoms with Crippen molar-refractivity contribution in [3.05, 3.63) is 0 Å². The Kier molecular flexibility index (Phi) is 9.09. The van der Waals surface area contributed by atoms with Crippen LogP contribution in [-0.4, -0.2) is 49.8 Å². The maximum absolute atomic E-state index is 11.0. The predicted octanol–water partition coefficient (Wildman–Crippen LogP) is 1.93. The Morgan fingerprint density at radius 2 is 1.88 bits per heavy atom. The first-order valence-corrected chi connectivity index (χ1v) is 6.44. The van der Waals surface area contributed by atoms with Gasteiger partial charge in [-0.05, 0) is 26.7 Å². The second kappa shape index (κ2) is 9.42. The van der Waals surface area contributed by atoms with E-state index in [9.17, 15) is 4.79 Å². The minimum Gasteiger partial charge on any atom is -0.464 e. The summed E-state index contributed by atoms with van der Waals surface area (Å²) in [6.07, 6.45) is 0. The summed E-state index contributed by atoms with van der Waals surface area (Å²) in [5.41, 5.74) is 0. The highest BCUT2D eigenvalue weighted by Gasteiger charge is 2.11. The highest BCUT2D eigenvalue weighted by molar-refractivity contribution is 5.70. The van der Waals surface area contributed by atoms with E-state index in [-0.39, 0.29) is 12.6 Å². The van der Waals surface area contributed by atoms with Gasteiger partial charge in [-0.15, -0.1) is 0 Å². The minimum absolute atomic E-state index is 0.0570. The summed E-state index contributed by atoms with van der Waals surface area (Å²) in [5.74, 6) is 0.356. The topological polar surface area (TPSA) is 38.8 Å². The van der Waals surface area contributed by atoms with Gasteiger partial charge in [0.2, 0.25) is 0 Å². The average molecular weight is 245 g/mol. The standard InChI is InChI=1S/C13H27NO3/c1-6-17-13(15)10-16-8-7-14(12(4)5)9-11(2)3/h11-12H,6-10H2,1-5H3. The summed E-state index contributed by atoms with van der Waals surface area (Å²) in [4.78, 5) is 13.4. The molecule has 0 aromatic rings. The van der Waals surface area contributed by atoms with E-state index in [1.54, 1.807) is 6.92 Å². The van der Waals surface area contributed by atoms with Crippen LogP contribution >= 0.6 is 0 Å². The van der Waals surface area contributed by atoms with Crippen molar-refractivity contribution in [3.63, 3.8) is 0 Å². The average Bonchev–Trinajstić information content (AvgIpc) is 2.22. The highest BCUT2D eigenvalue weighted by Crippen LogP contribution is 2.03. The van der Waals surface area contributed by atoms with Crippen LogP contribution in [0.3, 0.4) is 0 Å². The quantitative estimate of drug-likeness (QED) is 0.459. The lowest BCUT2D eigenvalue weighted by atomic mass is 10.2. The molecule has 0 spiro atoms. The van der Waals surface area contributed by atoms with E-state index >= 15 is 0 Å². The molecular formula is C13H27NO3. The van der Waals surface area contributed by atoms with Crippen LogP contribution in [0.15, 0.2) is 0 Å². The van der Waals surface area contributed by atoms with Crippen LogP contribution in [0.5, 0.6) is 0 Å². The van der Waals surface area contributed by atoms with E-state index < -0.39 is 0 Å². The maximum Gasteiger partial charge on any atom is 0.332 e. The van der Waals surface area contributed by atoms with Gasteiger partial charge in [0, 0.05) is 19.1 Å². The lowest BCUT2D eigenvalue weighted by Crippen LogP contribution is -2.37. The molecular weight excluding hydrogens is 218 g/mol. The van der Waals surface area contributed by atoms with Crippen molar-refractivity contribution in [1.82, 2.24) is 4.90 Å². The van der Waals surface area contributed by atoms with Crippen molar-refractivity contribution in [2.24, 2.45) is 5.92 Å². The number of carbonyl (C=O) groups excluding carboxylic acids is 1. The minimum atomic E-state index is -0.285. The van der Waals surface area contributed by atoms with Crippen LogP contribution < -0.4 is 0 Å². The van der Waals surface area contributed by atoms with Gasteiger partial charge >= 0.3 is 5.97 Å². The summed E-state index contributed by atoms with van der Waals surface area (Å²) in [6, 6.07) is 0.503. The molecule has 0 unspecified atom stereocenters. The Hall–Kier alpha value is -0.610. The zero-order valence-electron chi connectivity index (χ0n) is 11.9. The molecule has 0 aliphatic heterocycles. The fraction of sp³-hybridized carbons (Fsp3) is 0.923. The van der Waals surface area contributed by atoms with E-state index in [0.717, 1.165) is 13.1 Å². The van der Waals surface area contributed by atoms with Gasteiger partial charge in [0.15, 0.2) is 0 Å². The Labute approximate surface area is 105 Å². The summed E-state index contributed by atoms with van der Waals surface area (Å²) >= 11 is 0. The van der Waals surface area contributed by atoms with Crippen LogP contribution in [-0.2, 0) is 14.3 Å². The number of rotatable bonds is 9. The lowest BCUT2D eigenvalue weighted by molar-refractivity contribution is -0.148. The molecule has 0 aromatic carbocycles. The van der Waals surface area contributed by atoms with E-state index in [0.29, 0.717) is 25.2 Å². The van der Waals surface area contributed by atoms with E-state index in [2.05, 4.69) is 32.6 Å². The molecule has 0 N–H and O–H groups in total. The SMILES string of the molecule is CCOC(=O)COCCN(CC(C)C)C(C)C. The van der Waals surface area contributed by atoms with Gasteiger partial charge in [0.25, 0.3) is 0 Å². The summed E-state index contributed by atoms with van der Waals surface area (Å²) in [7, 11) is 0. The number of nitrogens with zero attached hydrogens (tertiary/aromatic N) is 1. The number of carbonyl (C=O) groups is 1. The first-order valence-electron chi connectivity index (χ1n) is 6.44. The molecule has 0 heterocycles. The number of esters is 1. The van der Waals surface area contributed by atoms with E-state index in [1.165, 1.54) is 0 Å². The third-order valence-electron chi connectivity index (χ3n) is 2.38. The van der Waals surface area contributed by atoms with Crippen LogP contribution in [0, 0.1) is 5.92 Å². The molecule has 0 amide bonds. The summed E-state index contributed by atoms with van der Waals surface area (Å²) in [6.45, 7) is 13.5. The normalized spacial score (nSPS) is 11.5. The molecule has 0 bridgehead atoms. The van der Waals surface area contributed by atoms with Crippen molar-refractivity contribution in [2.75, 3.05) is 32.9 Å². The molecule has 4 nitrogen and oxygen atoms in total. The third-order valence-corrected chi connectivity index (χ3v) is 2.38. The number of ether oxygens (including phenoxy) is 2. The molecule has 0 atom stereocenters.